The second-order valence-corrected chi connectivity index (χ2v) is 5.02. The highest BCUT2D eigenvalue weighted by atomic mass is 35.5. The molecule has 0 amide bonds. The van der Waals surface area contributed by atoms with Crippen LogP contribution in [-0.2, 0) is 9.53 Å². The van der Waals surface area contributed by atoms with Crippen LogP contribution in [0.5, 0.6) is 0 Å². The summed E-state index contributed by atoms with van der Waals surface area (Å²) in [6, 6.07) is 4.26. The van der Waals surface area contributed by atoms with E-state index in [1.807, 2.05) is 0 Å². The van der Waals surface area contributed by atoms with E-state index in [-0.39, 0.29) is 6.61 Å². The topological polar surface area (TPSA) is 87.1 Å². The Morgan fingerprint density at radius 3 is 2.67 bits per heavy atom. The fourth-order valence-electron chi connectivity index (χ4n) is 1.75. The summed E-state index contributed by atoms with van der Waals surface area (Å²) in [6.45, 7) is 2.87. The minimum absolute atomic E-state index is 0.282. The summed E-state index contributed by atoms with van der Waals surface area (Å²) >= 11 is 11.9. The molecule has 1 N–H and O–H groups in total. The number of nitrogens with one attached hydrogen (secondary N) is 1. The lowest BCUT2D eigenvalue weighted by atomic mass is 10.1. The summed E-state index contributed by atoms with van der Waals surface area (Å²) in [5, 5.41) is 7.39. The summed E-state index contributed by atoms with van der Waals surface area (Å²) in [5.74, 6) is -0.403. The molecule has 0 heterocycles. The number of nitrogens with zero attached hydrogens (tertiary/aromatic N) is 3. The Kier molecular flexibility index (Phi) is 7.93. The zero-order valence-electron chi connectivity index (χ0n) is 11.6. The minimum atomic E-state index is -0.660. The third-order valence-corrected chi connectivity index (χ3v) is 3.02. The molecular formula is C13H16Cl2N4O2. The molecule has 0 saturated heterocycles. The van der Waals surface area contributed by atoms with Crippen LogP contribution in [0.15, 0.2) is 23.3 Å². The number of hydrogen-bond donors (Lipinski definition) is 1. The van der Waals surface area contributed by atoms with Gasteiger partial charge in [-0.1, -0.05) is 28.3 Å². The van der Waals surface area contributed by atoms with Crippen molar-refractivity contribution in [3.8, 4) is 0 Å². The molecule has 1 aromatic carbocycles. The molecule has 1 rings (SSSR count). The Hall–Kier alpha value is -1.46. The normalized spacial score (nSPS) is 11.6. The average molecular weight is 331 g/mol. The largest absolute Gasteiger partial charge is 0.465 e. The van der Waals surface area contributed by atoms with Gasteiger partial charge in [0.25, 0.3) is 0 Å². The molecule has 0 spiro atoms. The van der Waals surface area contributed by atoms with E-state index < -0.39 is 12.0 Å². The van der Waals surface area contributed by atoms with Crippen LogP contribution >= 0.6 is 23.2 Å². The molecule has 0 saturated carbocycles. The van der Waals surface area contributed by atoms with Gasteiger partial charge in [-0.15, -0.1) is 0 Å². The smallest absolute Gasteiger partial charge is 0.327 e. The predicted octanol–water partition coefficient (Wildman–Crippen LogP) is 3.89. The lowest BCUT2D eigenvalue weighted by molar-refractivity contribution is -0.145. The minimum Gasteiger partial charge on any atom is -0.465 e. The van der Waals surface area contributed by atoms with Crippen LogP contribution < -0.4 is 5.32 Å². The van der Waals surface area contributed by atoms with Gasteiger partial charge in [0.05, 0.1) is 6.61 Å². The van der Waals surface area contributed by atoms with Gasteiger partial charge in [-0.3, -0.25) is 0 Å². The van der Waals surface area contributed by atoms with Gasteiger partial charge in [-0.25, -0.2) is 4.79 Å². The number of ether oxygens (including phenoxy) is 1. The molecular weight excluding hydrogens is 315 g/mol. The Bertz CT molecular complexity index is 513. The fraction of sp³-hybridized carbons (Fsp3) is 0.462. The van der Waals surface area contributed by atoms with Gasteiger partial charge in [0.1, 0.15) is 6.04 Å². The number of azide groups is 1. The van der Waals surface area contributed by atoms with Crippen LogP contribution in [-0.4, -0.2) is 25.7 Å². The van der Waals surface area contributed by atoms with E-state index >= 15 is 0 Å². The van der Waals surface area contributed by atoms with Crippen LogP contribution in [0.3, 0.4) is 0 Å². The molecule has 0 radical (unpaired) electrons. The van der Waals surface area contributed by atoms with E-state index in [4.69, 9.17) is 33.5 Å². The van der Waals surface area contributed by atoms with Crippen molar-refractivity contribution in [3.05, 3.63) is 44.3 Å². The Balaban J connectivity index is 2.80. The first-order valence-electron chi connectivity index (χ1n) is 6.45. The Labute approximate surface area is 133 Å². The molecule has 1 unspecified atom stereocenters. The van der Waals surface area contributed by atoms with E-state index in [0.29, 0.717) is 35.1 Å². The van der Waals surface area contributed by atoms with Crippen molar-refractivity contribution in [2.45, 2.75) is 19.4 Å². The maximum atomic E-state index is 12.0. The third kappa shape index (κ3) is 6.23. The van der Waals surface area contributed by atoms with Crippen LogP contribution in [0.1, 0.15) is 24.9 Å². The second kappa shape index (κ2) is 9.47. The molecule has 0 aliphatic rings. The maximum absolute atomic E-state index is 12.0. The number of benzene rings is 1. The summed E-state index contributed by atoms with van der Waals surface area (Å²) in [4.78, 5) is 14.7. The second-order valence-electron chi connectivity index (χ2n) is 4.15. The number of hydrogen-bond acceptors (Lipinski definition) is 4. The standard InChI is InChI=1S/C13H16Cl2N4O2/c1-2-21-13(20)12(17-4-3-5-18-19-16)9-6-10(14)8-11(15)7-9/h6-8,12,17H,2-5H2,1H3. The summed E-state index contributed by atoms with van der Waals surface area (Å²) in [6.07, 6.45) is 0.605. The lowest BCUT2D eigenvalue weighted by Crippen LogP contribution is -2.31. The molecule has 6 nitrogen and oxygen atoms in total. The third-order valence-electron chi connectivity index (χ3n) is 2.59. The van der Waals surface area contributed by atoms with Crippen LogP contribution in [0.4, 0.5) is 0 Å². The molecule has 0 aromatic heterocycles. The zero-order valence-corrected chi connectivity index (χ0v) is 13.1. The first kappa shape index (κ1) is 17.6. The van der Waals surface area contributed by atoms with Crippen molar-refractivity contribution in [2.24, 2.45) is 5.11 Å². The van der Waals surface area contributed by atoms with Gasteiger partial charge in [0, 0.05) is 21.5 Å². The summed E-state index contributed by atoms with van der Waals surface area (Å²) < 4.78 is 5.05. The van der Waals surface area contributed by atoms with Crippen LogP contribution in [0.25, 0.3) is 10.4 Å². The molecule has 0 aliphatic carbocycles. The van der Waals surface area contributed by atoms with E-state index in [1.54, 1.807) is 25.1 Å². The summed E-state index contributed by atoms with van der Waals surface area (Å²) in [5.41, 5.74) is 8.84. The van der Waals surface area contributed by atoms with Gasteiger partial charge in [-0.2, -0.15) is 0 Å². The number of carbonyl (C=O) groups is 1. The Morgan fingerprint density at radius 1 is 1.43 bits per heavy atom. The maximum Gasteiger partial charge on any atom is 0.327 e. The molecule has 1 aromatic rings. The van der Waals surface area contributed by atoms with Crippen LogP contribution in [0.2, 0.25) is 10.0 Å². The average Bonchev–Trinajstić information content (AvgIpc) is 2.41. The van der Waals surface area contributed by atoms with E-state index in [9.17, 15) is 4.79 Å². The molecule has 114 valence electrons. The van der Waals surface area contributed by atoms with E-state index in [0.717, 1.165) is 0 Å². The van der Waals surface area contributed by atoms with Gasteiger partial charge in [-0.05, 0) is 49.2 Å². The first-order chi connectivity index (χ1) is 10.1. The van der Waals surface area contributed by atoms with Crippen LogP contribution in [0, 0.1) is 0 Å². The number of carbonyl (C=O) groups excluding carboxylic acids is 1. The van der Waals surface area contributed by atoms with Gasteiger partial charge in [0.2, 0.25) is 0 Å². The number of esters is 1. The monoisotopic (exact) mass is 330 g/mol. The van der Waals surface area contributed by atoms with Crippen molar-refractivity contribution in [1.82, 2.24) is 5.32 Å². The summed E-state index contributed by atoms with van der Waals surface area (Å²) in [7, 11) is 0. The number of rotatable bonds is 8. The molecule has 1 atom stereocenters. The Morgan fingerprint density at radius 2 is 2.10 bits per heavy atom. The first-order valence-corrected chi connectivity index (χ1v) is 7.21. The van der Waals surface area contributed by atoms with E-state index in [1.165, 1.54) is 0 Å². The van der Waals surface area contributed by atoms with Crippen molar-refractivity contribution in [3.63, 3.8) is 0 Å². The predicted molar refractivity (Wildman–Crippen MR) is 82.5 cm³/mol. The van der Waals surface area contributed by atoms with Crippen molar-refractivity contribution in [2.75, 3.05) is 19.7 Å². The van der Waals surface area contributed by atoms with Gasteiger partial charge >= 0.3 is 5.97 Å². The lowest BCUT2D eigenvalue weighted by Gasteiger charge is -2.18. The van der Waals surface area contributed by atoms with Crippen molar-refractivity contribution >= 4 is 29.2 Å². The molecule has 0 fully saturated rings. The highest BCUT2D eigenvalue weighted by Crippen LogP contribution is 2.24. The SMILES string of the molecule is CCOC(=O)C(NCCCN=[N+]=[N-])c1cc(Cl)cc(Cl)c1. The van der Waals surface area contributed by atoms with Crippen molar-refractivity contribution < 1.29 is 9.53 Å². The highest BCUT2D eigenvalue weighted by Gasteiger charge is 2.22. The number of halogens is 2. The van der Waals surface area contributed by atoms with E-state index in [2.05, 4.69) is 15.3 Å². The molecule has 0 aliphatic heterocycles. The van der Waals surface area contributed by atoms with Crippen molar-refractivity contribution in [1.29, 1.82) is 0 Å². The fourth-order valence-corrected chi connectivity index (χ4v) is 2.29. The van der Waals surface area contributed by atoms with Gasteiger partial charge < -0.3 is 10.1 Å². The molecule has 21 heavy (non-hydrogen) atoms. The molecule has 8 heteroatoms. The van der Waals surface area contributed by atoms with Gasteiger partial charge in [0.15, 0.2) is 0 Å². The molecule has 0 bridgehead atoms. The zero-order chi connectivity index (χ0) is 15.7. The highest BCUT2D eigenvalue weighted by molar-refractivity contribution is 6.34. The quantitative estimate of drug-likeness (QED) is 0.258.